The minimum absolute atomic E-state index is 0.102. The molecule has 0 saturated heterocycles. The van der Waals surface area contributed by atoms with E-state index in [0.29, 0.717) is 22.6 Å². The quantitative estimate of drug-likeness (QED) is 0.666. The molecule has 0 radical (unpaired) electrons. The number of para-hydroxylation sites is 1. The number of amides is 1. The number of thiazole rings is 1. The van der Waals surface area contributed by atoms with Crippen LogP contribution in [0.3, 0.4) is 0 Å². The number of hydrogen-bond acceptors (Lipinski definition) is 6. The average Bonchev–Trinajstić information content (AvgIpc) is 3.02. The molecule has 3 aromatic rings. The highest BCUT2D eigenvalue weighted by Crippen LogP contribution is 2.30. The van der Waals surface area contributed by atoms with E-state index in [1.54, 1.807) is 10.6 Å². The third-order valence-corrected chi connectivity index (χ3v) is 6.54. The molecule has 1 aromatic carbocycles. The molecule has 0 fully saturated rings. The standard InChI is InChI=1S/C19H20N4O2S2/c1-19(2,3)14-8-15(24)23-9-11(10-26-18(23)21-14)16(25)22-17-20-12-6-4-5-7-13(12)27-17/h4-8,11H,9-10H2,1-3H3,(H,20,22,25). The Morgan fingerprint density at radius 2 is 2.04 bits per heavy atom. The van der Waals surface area contributed by atoms with Gasteiger partial charge in [0.25, 0.3) is 5.56 Å². The minimum atomic E-state index is -0.297. The first kappa shape index (κ1) is 18.2. The third kappa shape index (κ3) is 3.64. The average molecular weight is 401 g/mol. The fourth-order valence-corrected chi connectivity index (χ4v) is 4.85. The van der Waals surface area contributed by atoms with E-state index in [2.05, 4.69) is 15.3 Å². The molecule has 4 rings (SSSR count). The maximum absolute atomic E-state index is 12.7. The predicted octanol–water partition coefficient (Wildman–Crippen LogP) is 3.51. The Labute approximate surface area is 165 Å². The van der Waals surface area contributed by atoms with Crippen molar-refractivity contribution in [1.29, 1.82) is 0 Å². The first-order chi connectivity index (χ1) is 12.8. The Morgan fingerprint density at radius 1 is 1.26 bits per heavy atom. The van der Waals surface area contributed by atoms with Gasteiger partial charge in [0.2, 0.25) is 5.91 Å². The van der Waals surface area contributed by atoms with E-state index in [1.807, 2.05) is 45.0 Å². The molecule has 1 atom stereocenters. The second-order valence-electron chi connectivity index (χ2n) is 7.61. The highest BCUT2D eigenvalue weighted by atomic mass is 32.2. The summed E-state index contributed by atoms with van der Waals surface area (Å²) in [6.45, 7) is 6.45. The number of hydrogen-bond donors (Lipinski definition) is 1. The van der Waals surface area contributed by atoms with Crippen LogP contribution in [-0.4, -0.2) is 26.2 Å². The van der Waals surface area contributed by atoms with Crippen molar-refractivity contribution in [3.05, 3.63) is 46.4 Å². The maximum atomic E-state index is 12.7. The molecular formula is C19H20N4O2S2. The molecule has 0 spiro atoms. The molecule has 1 aliphatic rings. The topological polar surface area (TPSA) is 76.9 Å². The van der Waals surface area contributed by atoms with Gasteiger partial charge in [0.1, 0.15) is 0 Å². The van der Waals surface area contributed by atoms with Gasteiger partial charge in [-0.25, -0.2) is 9.97 Å². The van der Waals surface area contributed by atoms with E-state index in [-0.39, 0.29) is 22.8 Å². The van der Waals surface area contributed by atoms with Crippen LogP contribution in [0.25, 0.3) is 10.2 Å². The number of nitrogens with one attached hydrogen (secondary N) is 1. The Balaban J connectivity index is 1.53. The summed E-state index contributed by atoms with van der Waals surface area (Å²) < 4.78 is 2.64. The lowest BCUT2D eigenvalue weighted by Gasteiger charge is -2.26. The zero-order chi connectivity index (χ0) is 19.2. The Bertz CT molecular complexity index is 1050. The molecule has 6 nitrogen and oxygen atoms in total. The number of benzene rings is 1. The largest absolute Gasteiger partial charge is 0.302 e. The second-order valence-corrected chi connectivity index (χ2v) is 9.62. The van der Waals surface area contributed by atoms with Crippen LogP contribution in [0, 0.1) is 5.92 Å². The van der Waals surface area contributed by atoms with E-state index in [9.17, 15) is 9.59 Å². The molecule has 27 heavy (non-hydrogen) atoms. The van der Waals surface area contributed by atoms with E-state index >= 15 is 0 Å². The maximum Gasteiger partial charge on any atom is 0.254 e. The highest BCUT2D eigenvalue weighted by molar-refractivity contribution is 7.99. The number of anilines is 1. The van der Waals surface area contributed by atoms with Crippen LogP contribution >= 0.6 is 23.1 Å². The van der Waals surface area contributed by atoms with Crippen LogP contribution in [-0.2, 0) is 16.8 Å². The smallest absolute Gasteiger partial charge is 0.254 e. The third-order valence-electron chi connectivity index (χ3n) is 4.45. The lowest BCUT2D eigenvalue weighted by molar-refractivity contribution is -0.119. The molecule has 0 saturated carbocycles. The molecule has 2 aromatic heterocycles. The van der Waals surface area contributed by atoms with Gasteiger partial charge in [0.15, 0.2) is 10.3 Å². The number of rotatable bonds is 2. The van der Waals surface area contributed by atoms with E-state index in [0.717, 1.165) is 15.9 Å². The van der Waals surface area contributed by atoms with Crippen molar-refractivity contribution in [1.82, 2.24) is 14.5 Å². The molecule has 1 unspecified atom stereocenters. The molecule has 0 bridgehead atoms. The van der Waals surface area contributed by atoms with Crippen LogP contribution in [0.4, 0.5) is 5.13 Å². The predicted molar refractivity (Wildman–Crippen MR) is 110 cm³/mol. The van der Waals surface area contributed by atoms with Gasteiger partial charge in [0, 0.05) is 23.8 Å². The SMILES string of the molecule is CC(C)(C)c1cc(=O)n2c(n1)SCC(C(=O)Nc1nc3ccccc3s1)C2. The molecule has 0 aliphatic carbocycles. The number of carbonyl (C=O) groups excluding carboxylic acids is 1. The molecule has 1 amide bonds. The fourth-order valence-electron chi connectivity index (χ4n) is 2.89. The summed E-state index contributed by atoms with van der Waals surface area (Å²) in [7, 11) is 0. The highest BCUT2D eigenvalue weighted by Gasteiger charge is 2.29. The summed E-state index contributed by atoms with van der Waals surface area (Å²) >= 11 is 2.91. The molecule has 140 valence electrons. The summed E-state index contributed by atoms with van der Waals surface area (Å²) in [6, 6.07) is 9.36. The molecule has 1 N–H and O–H groups in total. The van der Waals surface area contributed by atoms with Gasteiger partial charge in [-0.1, -0.05) is 56.0 Å². The van der Waals surface area contributed by atoms with E-state index in [1.165, 1.54) is 23.1 Å². The second kappa shape index (κ2) is 6.76. The van der Waals surface area contributed by atoms with Gasteiger partial charge in [-0.15, -0.1) is 0 Å². The number of thioether (sulfide) groups is 1. The van der Waals surface area contributed by atoms with Crippen LogP contribution in [0.15, 0.2) is 40.3 Å². The van der Waals surface area contributed by atoms with Crippen molar-refractivity contribution < 1.29 is 4.79 Å². The van der Waals surface area contributed by atoms with Gasteiger partial charge in [-0.05, 0) is 12.1 Å². The van der Waals surface area contributed by atoms with Crippen molar-refractivity contribution >= 4 is 44.4 Å². The number of aromatic nitrogens is 3. The molecule has 1 aliphatic heterocycles. The lowest BCUT2D eigenvalue weighted by atomic mass is 9.92. The zero-order valence-electron chi connectivity index (χ0n) is 15.4. The van der Waals surface area contributed by atoms with Crippen LogP contribution in [0.2, 0.25) is 0 Å². The molecule has 3 heterocycles. The number of fused-ring (bicyclic) bond motifs is 2. The summed E-state index contributed by atoms with van der Waals surface area (Å²) in [5.41, 5.74) is 1.37. The van der Waals surface area contributed by atoms with Crippen molar-refractivity contribution in [2.24, 2.45) is 5.92 Å². The van der Waals surface area contributed by atoms with Crippen molar-refractivity contribution in [3.8, 4) is 0 Å². The summed E-state index contributed by atoms with van der Waals surface area (Å²) in [4.78, 5) is 34.3. The van der Waals surface area contributed by atoms with Crippen molar-refractivity contribution in [2.75, 3.05) is 11.1 Å². The zero-order valence-corrected chi connectivity index (χ0v) is 17.0. The van der Waals surface area contributed by atoms with Gasteiger partial charge in [-0.3, -0.25) is 14.2 Å². The monoisotopic (exact) mass is 400 g/mol. The Kier molecular flexibility index (Phi) is 4.55. The first-order valence-electron chi connectivity index (χ1n) is 8.73. The van der Waals surface area contributed by atoms with E-state index < -0.39 is 0 Å². The van der Waals surface area contributed by atoms with Gasteiger partial charge in [-0.2, -0.15) is 0 Å². The van der Waals surface area contributed by atoms with Crippen molar-refractivity contribution in [2.45, 2.75) is 37.9 Å². The summed E-state index contributed by atoms with van der Waals surface area (Å²) in [5.74, 6) is 0.185. The normalized spacial score (nSPS) is 16.9. The Morgan fingerprint density at radius 3 is 2.78 bits per heavy atom. The first-order valence-corrected chi connectivity index (χ1v) is 10.5. The number of carbonyl (C=O) groups is 1. The van der Waals surface area contributed by atoms with Gasteiger partial charge >= 0.3 is 0 Å². The molecule has 8 heteroatoms. The van der Waals surface area contributed by atoms with E-state index in [4.69, 9.17) is 0 Å². The fraction of sp³-hybridized carbons (Fsp3) is 0.368. The van der Waals surface area contributed by atoms with Gasteiger partial charge in [0.05, 0.1) is 21.8 Å². The van der Waals surface area contributed by atoms with Crippen LogP contribution in [0.1, 0.15) is 26.5 Å². The minimum Gasteiger partial charge on any atom is -0.302 e. The Hall–Kier alpha value is -2.19. The lowest BCUT2D eigenvalue weighted by Crippen LogP contribution is -2.37. The van der Waals surface area contributed by atoms with Crippen LogP contribution in [0.5, 0.6) is 0 Å². The summed E-state index contributed by atoms with van der Waals surface area (Å²) in [5, 5.41) is 4.19. The summed E-state index contributed by atoms with van der Waals surface area (Å²) in [6.07, 6.45) is 0. The van der Waals surface area contributed by atoms with Crippen molar-refractivity contribution in [3.63, 3.8) is 0 Å². The van der Waals surface area contributed by atoms with Gasteiger partial charge < -0.3 is 5.32 Å². The number of nitrogens with zero attached hydrogens (tertiary/aromatic N) is 3. The van der Waals surface area contributed by atoms with Crippen LogP contribution < -0.4 is 10.9 Å². The molecular weight excluding hydrogens is 380 g/mol.